The van der Waals surface area contributed by atoms with Gasteiger partial charge in [-0.1, -0.05) is 18.2 Å². The molecule has 3 rings (SSSR count). The highest BCUT2D eigenvalue weighted by Crippen LogP contribution is 2.29. The zero-order valence-corrected chi connectivity index (χ0v) is 12.7. The number of nitrogens with zero attached hydrogens (tertiary/aromatic N) is 2. The maximum absolute atomic E-state index is 11.8. The highest BCUT2D eigenvalue weighted by Gasteiger charge is 2.37. The second kappa shape index (κ2) is 5.61. The van der Waals surface area contributed by atoms with Crippen molar-refractivity contribution in [1.29, 1.82) is 0 Å². The summed E-state index contributed by atoms with van der Waals surface area (Å²) in [7, 11) is 0. The first kappa shape index (κ1) is 14.3. The Morgan fingerprint density at radius 2 is 2.19 bits per heavy atom. The fraction of sp³-hybridized carbons (Fsp3) is 0.400. The topological polar surface area (TPSA) is 80.9 Å². The first-order chi connectivity index (χ1) is 10.1. The van der Waals surface area contributed by atoms with Gasteiger partial charge < -0.3 is 11.1 Å². The van der Waals surface area contributed by atoms with Crippen LogP contribution in [0, 0.1) is 0 Å². The molecule has 1 unspecified atom stereocenters. The zero-order chi connectivity index (χ0) is 14.9. The van der Waals surface area contributed by atoms with Gasteiger partial charge in [0.1, 0.15) is 16.9 Å². The van der Waals surface area contributed by atoms with E-state index in [1.165, 1.54) is 0 Å². The largest absolute Gasteiger partial charge is 0.368 e. The third kappa shape index (κ3) is 3.16. The van der Waals surface area contributed by atoms with Crippen LogP contribution in [-0.2, 0) is 4.79 Å². The van der Waals surface area contributed by atoms with Gasteiger partial charge in [0.15, 0.2) is 0 Å². The van der Waals surface area contributed by atoms with Gasteiger partial charge in [0.05, 0.1) is 5.52 Å². The van der Waals surface area contributed by atoms with Gasteiger partial charge in [0.2, 0.25) is 5.91 Å². The lowest BCUT2D eigenvalue weighted by Crippen LogP contribution is -2.55. The summed E-state index contributed by atoms with van der Waals surface area (Å²) < 4.78 is 0. The van der Waals surface area contributed by atoms with Crippen molar-refractivity contribution in [3.05, 3.63) is 30.6 Å². The Morgan fingerprint density at radius 1 is 1.43 bits per heavy atom. The molecule has 1 atom stereocenters. The summed E-state index contributed by atoms with van der Waals surface area (Å²) in [5, 5.41) is 5.23. The van der Waals surface area contributed by atoms with Gasteiger partial charge in [0.25, 0.3) is 0 Å². The number of thioether (sulfide) groups is 1. The number of benzene rings is 1. The molecule has 0 radical (unpaired) electrons. The Balaban J connectivity index is 1.79. The molecule has 5 nitrogen and oxygen atoms in total. The SMILES string of the molecule is CC(CSc1ncnc2ccccc12)(NC1CC1)C(N)=O. The summed E-state index contributed by atoms with van der Waals surface area (Å²) in [6.07, 6.45) is 3.79. The monoisotopic (exact) mass is 302 g/mol. The summed E-state index contributed by atoms with van der Waals surface area (Å²) in [4.78, 5) is 20.4. The normalized spacial score (nSPS) is 17.6. The van der Waals surface area contributed by atoms with E-state index in [1.54, 1.807) is 18.1 Å². The minimum Gasteiger partial charge on any atom is -0.368 e. The maximum Gasteiger partial charge on any atom is 0.238 e. The smallest absolute Gasteiger partial charge is 0.238 e. The molecule has 1 aliphatic carbocycles. The summed E-state index contributed by atoms with van der Waals surface area (Å²) in [6.45, 7) is 1.87. The summed E-state index contributed by atoms with van der Waals surface area (Å²) in [5.74, 6) is 0.236. The van der Waals surface area contributed by atoms with E-state index in [2.05, 4.69) is 15.3 Å². The molecule has 1 aromatic heterocycles. The van der Waals surface area contributed by atoms with Gasteiger partial charge in [-0.25, -0.2) is 9.97 Å². The van der Waals surface area contributed by atoms with Crippen molar-refractivity contribution >= 4 is 28.6 Å². The van der Waals surface area contributed by atoms with E-state index in [0.29, 0.717) is 11.8 Å². The van der Waals surface area contributed by atoms with Crippen LogP contribution in [0.2, 0.25) is 0 Å². The van der Waals surface area contributed by atoms with Crippen molar-refractivity contribution in [3.8, 4) is 0 Å². The van der Waals surface area contributed by atoms with E-state index >= 15 is 0 Å². The molecule has 0 aliphatic heterocycles. The van der Waals surface area contributed by atoms with Crippen LogP contribution in [0.1, 0.15) is 19.8 Å². The second-order valence-electron chi connectivity index (χ2n) is 5.60. The fourth-order valence-corrected chi connectivity index (χ4v) is 3.27. The molecule has 1 saturated carbocycles. The van der Waals surface area contributed by atoms with Crippen molar-refractivity contribution in [2.75, 3.05) is 5.75 Å². The Bertz CT molecular complexity index is 668. The van der Waals surface area contributed by atoms with E-state index < -0.39 is 5.54 Å². The third-order valence-electron chi connectivity index (χ3n) is 3.65. The summed E-state index contributed by atoms with van der Waals surface area (Å²) in [6, 6.07) is 8.28. The van der Waals surface area contributed by atoms with Gasteiger partial charge in [-0.15, -0.1) is 11.8 Å². The number of hydrogen-bond donors (Lipinski definition) is 2. The fourth-order valence-electron chi connectivity index (χ4n) is 2.17. The van der Waals surface area contributed by atoms with Crippen molar-refractivity contribution in [1.82, 2.24) is 15.3 Å². The molecule has 0 saturated heterocycles. The Kier molecular flexibility index (Phi) is 3.82. The second-order valence-corrected chi connectivity index (χ2v) is 6.56. The van der Waals surface area contributed by atoms with Crippen LogP contribution in [0.25, 0.3) is 10.9 Å². The van der Waals surface area contributed by atoms with Crippen molar-refractivity contribution in [2.45, 2.75) is 36.4 Å². The number of carbonyl (C=O) groups is 1. The number of nitrogens with two attached hydrogens (primary N) is 1. The zero-order valence-electron chi connectivity index (χ0n) is 11.9. The Labute approximate surface area is 127 Å². The molecule has 110 valence electrons. The molecular weight excluding hydrogens is 284 g/mol. The predicted molar refractivity (Wildman–Crippen MR) is 84.0 cm³/mol. The number of rotatable bonds is 6. The van der Waals surface area contributed by atoms with Gasteiger partial charge >= 0.3 is 0 Å². The average molecular weight is 302 g/mol. The van der Waals surface area contributed by atoms with Crippen LogP contribution in [0.5, 0.6) is 0 Å². The van der Waals surface area contributed by atoms with E-state index in [9.17, 15) is 4.79 Å². The van der Waals surface area contributed by atoms with Crippen molar-refractivity contribution in [2.24, 2.45) is 5.73 Å². The van der Waals surface area contributed by atoms with Crippen molar-refractivity contribution < 1.29 is 4.79 Å². The van der Waals surface area contributed by atoms with Gasteiger partial charge in [0, 0.05) is 17.2 Å². The highest BCUT2D eigenvalue weighted by molar-refractivity contribution is 7.99. The van der Waals surface area contributed by atoms with Crippen LogP contribution in [0.4, 0.5) is 0 Å². The van der Waals surface area contributed by atoms with Crippen LogP contribution >= 0.6 is 11.8 Å². The quantitative estimate of drug-likeness (QED) is 0.627. The molecular formula is C15H18N4OS. The lowest BCUT2D eigenvalue weighted by atomic mass is 10.1. The van der Waals surface area contributed by atoms with E-state index in [0.717, 1.165) is 28.8 Å². The van der Waals surface area contributed by atoms with Crippen LogP contribution in [-0.4, -0.2) is 33.2 Å². The molecule has 21 heavy (non-hydrogen) atoms. The number of primary amides is 1. The highest BCUT2D eigenvalue weighted by atomic mass is 32.2. The van der Waals surface area contributed by atoms with Crippen molar-refractivity contribution in [3.63, 3.8) is 0 Å². The summed E-state index contributed by atoms with van der Waals surface area (Å²) in [5.41, 5.74) is 5.77. The van der Waals surface area contributed by atoms with Crippen LogP contribution in [0.3, 0.4) is 0 Å². The Morgan fingerprint density at radius 3 is 2.90 bits per heavy atom. The third-order valence-corrected chi connectivity index (χ3v) is 4.97. The van der Waals surface area contributed by atoms with Gasteiger partial charge in [-0.3, -0.25) is 4.79 Å². The van der Waals surface area contributed by atoms with Gasteiger partial charge in [-0.05, 0) is 25.8 Å². The minimum absolute atomic E-state index is 0.319. The molecule has 1 aromatic carbocycles. The van der Waals surface area contributed by atoms with E-state index in [-0.39, 0.29) is 5.91 Å². The number of amides is 1. The number of para-hydroxylation sites is 1. The minimum atomic E-state index is -0.710. The number of fused-ring (bicyclic) bond motifs is 1. The standard InChI is InChI=1S/C15H18N4OS/c1-15(14(16)20,19-10-6-7-10)8-21-13-11-4-2-3-5-12(11)17-9-18-13/h2-5,9-10,19H,6-8H2,1H3,(H2,16,20). The van der Waals surface area contributed by atoms with E-state index in [4.69, 9.17) is 5.73 Å². The Hall–Kier alpha value is -1.66. The molecule has 6 heteroatoms. The maximum atomic E-state index is 11.8. The lowest BCUT2D eigenvalue weighted by molar-refractivity contribution is -0.123. The number of hydrogen-bond acceptors (Lipinski definition) is 5. The molecule has 1 aliphatic rings. The number of carbonyl (C=O) groups excluding carboxylic acids is 1. The first-order valence-corrected chi connectivity index (χ1v) is 7.97. The average Bonchev–Trinajstić information content (AvgIpc) is 3.28. The predicted octanol–water partition coefficient (Wildman–Crippen LogP) is 1.72. The first-order valence-electron chi connectivity index (χ1n) is 6.99. The molecule has 1 heterocycles. The summed E-state index contributed by atoms with van der Waals surface area (Å²) >= 11 is 1.54. The molecule has 0 spiro atoms. The molecule has 0 bridgehead atoms. The lowest BCUT2D eigenvalue weighted by Gasteiger charge is -2.27. The molecule has 3 N–H and O–H groups in total. The van der Waals surface area contributed by atoms with E-state index in [1.807, 2.05) is 31.2 Å². The number of nitrogens with one attached hydrogen (secondary N) is 1. The molecule has 1 fully saturated rings. The molecule has 2 aromatic rings. The van der Waals surface area contributed by atoms with Gasteiger partial charge in [-0.2, -0.15) is 0 Å². The molecule has 1 amide bonds. The van der Waals surface area contributed by atoms with Crippen LogP contribution < -0.4 is 11.1 Å². The number of aromatic nitrogens is 2. The van der Waals surface area contributed by atoms with Crippen LogP contribution in [0.15, 0.2) is 35.6 Å².